The molecule has 0 aliphatic carbocycles. The zero-order valence-corrected chi connectivity index (χ0v) is 10.3. The number of likely N-dealkylation sites (tertiary alicyclic amines) is 1. The Labute approximate surface area is 103 Å². The Bertz CT molecular complexity index is 335. The molecule has 3 heteroatoms. The summed E-state index contributed by atoms with van der Waals surface area (Å²) in [6.45, 7) is 2.92. The molecular formula is C14H22N2O. The predicted octanol–water partition coefficient (Wildman–Crippen LogP) is 2.10. The van der Waals surface area contributed by atoms with Gasteiger partial charge < -0.3 is 10.8 Å². The van der Waals surface area contributed by atoms with Gasteiger partial charge in [-0.2, -0.15) is 0 Å². The lowest BCUT2D eigenvalue weighted by atomic mass is 9.98. The van der Waals surface area contributed by atoms with Crippen molar-refractivity contribution in [3.63, 3.8) is 0 Å². The van der Waals surface area contributed by atoms with E-state index < -0.39 is 0 Å². The van der Waals surface area contributed by atoms with E-state index >= 15 is 0 Å². The fraction of sp³-hybridized carbons (Fsp3) is 0.571. The Balaban J connectivity index is 1.97. The molecule has 1 fully saturated rings. The largest absolute Gasteiger partial charge is 0.508 e. The van der Waals surface area contributed by atoms with Crippen molar-refractivity contribution in [2.24, 2.45) is 5.73 Å². The number of piperidine rings is 1. The lowest BCUT2D eigenvalue weighted by molar-refractivity contribution is 0.134. The Morgan fingerprint density at radius 1 is 1.24 bits per heavy atom. The summed E-state index contributed by atoms with van der Waals surface area (Å²) >= 11 is 0. The standard InChI is InChI=1S/C14H22N2O/c15-9-8-13-3-1-2-10-16(13)11-12-4-6-14(17)7-5-12/h4-7,13,17H,1-3,8-11,15H2. The maximum absolute atomic E-state index is 9.27. The first-order valence-electron chi connectivity index (χ1n) is 6.51. The van der Waals surface area contributed by atoms with Gasteiger partial charge in [-0.3, -0.25) is 4.90 Å². The molecule has 1 heterocycles. The molecule has 0 radical (unpaired) electrons. The van der Waals surface area contributed by atoms with Gasteiger partial charge in [-0.25, -0.2) is 0 Å². The summed E-state index contributed by atoms with van der Waals surface area (Å²) < 4.78 is 0. The van der Waals surface area contributed by atoms with Crippen molar-refractivity contribution < 1.29 is 5.11 Å². The van der Waals surface area contributed by atoms with Crippen LogP contribution in [0.4, 0.5) is 0 Å². The maximum atomic E-state index is 9.27. The van der Waals surface area contributed by atoms with Gasteiger partial charge in [0, 0.05) is 12.6 Å². The van der Waals surface area contributed by atoms with Gasteiger partial charge in [-0.15, -0.1) is 0 Å². The highest BCUT2D eigenvalue weighted by molar-refractivity contribution is 5.25. The van der Waals surface area contributed by atoms with Crippen molar-refractivity contribution in [3.05, 3.63) is 29.8 Å². The molecule has 3 nitrogen and oxygen atoms in total. The molecule has 2 rings (SSSR count). The van der Waals surface area contributed by atoms with Gasteiger partial charge in [0.1, 0.15) is 5.75 Å². The van der Waals surface area contributed by atoms with Crippen molar-refractivity contribution in [1.29, 1.82) is 0 Å². The topological polar surface area (TPSA) is 49.5 Å². The zero-order valence-electron chi connectivity index (χ0n) is 10.3. The number of nitrogens with two attached hydrogens (primary N) is 1. The molecule has 1 aliphatic heterocycles. The number of hydrogen-bond donors (Lipinski definition) is 2. The van der Waals surface area contributed by atoms with Crippen molar-refractivity contribution in [3.8, 4) is 5.75 Å². The molecule has 1 unspecified atom stereocenters. The van der Waals surface area contributed by atoms with Crippen molar-refractivity contribution in [1.82, 2.24) is 4.90 Å². The third-order valence-corrected chi connectivity index (χ3v) is 3.57. The highest BCUT2D eigenvalue weighted by Gasteiger charge is 2.21. The second-order valence-electron chi connectivity index (χ2n) is 4.86. The van der Waals surface area contributed by atoms with Crippen LogP contribution in [-0.4, -0.2) is 29.1 Å². The molecule has 0 saturated carbocycles. The Morgan fingerprint density at radius 2 is 2.00 bits per heavy atom. The third-order valence-electron chi connectivity index (χ3n) is 3.57. The number of phenols is 1. The van der Waals surface area contributed by atoms with Crippen molar-refractivity contribution >= 4 is 0 Å². The predicted molar refractivity (Wildman–Crippen MR) is 69.8 cm³/mol. The highest BCUT2D eigenvalue weighted by atomic mass is 16.3. The summed E-state index contributed by atoms with van der Waals surface area (Å²) in [7, 11) is 0. The molecule has 1 aromatic rings. The minimum absolute atomic E-state index is 0.339. The smallest absolute Gasteiger partial charge is 0.115 e. The van der Waals surface area contributed by atoms with E-state index in [1.165, 1.54) is 31.4 Å². The van der Waals surface area contributed by atoms with Crippen LogP contribution in [0.25, 0.3) is 0 Å². The van der Waals surface area contributed by atoms with E-state index in [0.717, 1.165) is 19.5 Å². The van der Waals surface area contributed by atoms with Crippen LogP contribution in [0.2, 0.25) is 0 Å². The molecule has 0 aromatic heterocycles. The molecule has 1 saturated heterocycles. The lowest BCUT2D eigenvalue weighted by Gasteiger charge is -2.35. The minimum atomic E-state index is 0.339. The quantitative estimate of drug-likeness (QED) is 0.838. The molecule has 1 aromatic carbocycles. The van der Waals surface area contributed by atoms with E-state index in [9.17, 15) is 5.11 Å². The van der Waals surface area contributed by atoms with Crippen LogP contribution in [0.3, 0.4) is 0 Å². The Hall–Kier alpha value is -1.06. The monoisotopic (exact) mass is 234 g/mol. The van der Waals surface area contributed by atoms with Crippen LogP contribution in [-0.2, 0) is 6.54 Å². The third kappa shape index (κ3) is 3.45. The molecule has 0 spiro atoms. The molecule has 0 bridgehead atoms. The number of benzene rings is 1. The number of hydrogen-bond acceptors (Lipinski definition) is 3. The lowest BCUT2D eigenvalue weighted by Crippen LogP contribution is -2.40. The molecule has 0 amide bonds. The molecule has 1 atom stereocenters. The number of aromatic hydroxyl groups is 1. The summed E-state index contributed by atoms with van der Waals surface area (Å²) in [4.78, 5) is 2.53. The van der Waals surface area contributed by atoms with Crippen molar-refractivity contribution in [2.45, 2.75) is 38.3 Å². The summed E-state index contributed by atoms with van der Waals surface area (Å²) in [5.41, 5.74) is 6.95. The van der Waals surface area contributed by atoms with Crippen LogP contribution in [0, 0.1) is 0 Å². The first-order valence-corrected chi connectivity index (χ1v) is 6.51. The van der Waals surface area contributed by atoms with E-state index in [2.05, 4.69) is 4.90 Å². The van der Waals surface area contributed by atoms with E-state index in [1.54, 1.807) is 12.1 Å². The summed E-state index contributed by atoms with van der Waals surface area (Å²) in [6.07, 6.45) is 4.99. The summed E-state index contributed by atoms with van der Waals surface area (Å²) in [5, 5.41) is 9.27. The molecular weight excluding hydrogens is 212 g/mol. The van der Waals surface area contributed by atoms with E-state index in [4.69, 9.17) is 5.73 Å². The van der Waals surface area contributed by atoms with Gasteiger partial charge in [0.25, 0.3) is 0 Å². The second-order valence-corrected chi connectivity index (χ2v) is 4.86. The highest BCUT2D eigenvalue weighted by Crippen LogP contribution is 2.22. The average molecular weight is 234 g/mol. The first-order chi connectivity index (χ1) is 8.29. The SMILES string of the molecule is NCCC1CCCCN1Cc1ccc(O)cc1. The van der Waals surface area contributed by atoms with Crippen LogP contribution in [0.15, 0.2) is 24.3 Å². The van der Waals surface area contributed by atoms with E-state index in [-0.39, 0.29) is 0 Å². The van der Waals surface area contributed by atoms with Gasteiger partial charge in [0.2, 0.25) is 0 Å². The first kappa shape index (κ1) is 12.4. The van der Waals surface area contributed by atoms with Gasteiger partial charge in [-0.1, -0.05) is 18.6 Å². The van der Waals surface area contributed by atoms with Gasteiger partial charge in [-0.05, 0) is 50.0 Å². The Kier molecular flexibility index (Phi) is 4.40. The van der Waals surface area contributed by atoms with Crippen molar-refractivity contribution in [2.75, 3.05) is 13.1 Å². The zero-order chi connectivity index (χ0) is 12.1. The van der Waals surface area contributed by atoms with Crippen LogP contribution < -0.4 is 5.73 Å². The molecule has 17 heavy (non-hydrogen) atoms. The van der Waals surface area contributed by atoms with Crippen LogP contribution in [0.5, 0.6) is 5.75 Å². The molecule has 1 aliphatic rings. The van der Waals surface area contributed by atoms with Gasteiger partial charge >= 0.3 is 0 Å². The molecule has 94 valence electrons. The summed E-state index contributed by atoms with van der Waals surface area (Å²) in [6, 6.07) is 8.17. The number of rotatable bonds is 4. The molecule has 3 N–H and O–H groups in total. The number of phenolic OH excluding ortho intramolecular Hbond substituents is 1. The Morgan fingerprint density at radius 3 is 2.71 bits per heavy atom. The number of nitrogens with zero attached hydrogens (tertiary/aromatic N) is 1. The summed E-state index contributed by atoms with van der Waals surface area (Å²) in [5.74, 6) is 0.339. The van der Waals surface area contributed by atoms with E-state index in [1.807, 2.05) is 12.1 Å². The van der Waals surface area contributed by atoms with Crippen LogP contribution >= 0.6 is 0 Å². The second kappa shape index (κ2) is 6.03. The van der Waals surface area contributed by atoms with E-state index in [0.29, 0.717) is 11.8 Å². The maximum Gasteiger partial charge on any atom is 0.115 e. The van der Waals surface area contributed by atoms with Crippen LogP contribution in [0.1, 0.15) is 31.2 Å². The average Bonchev–Trinajstić information content (AvgIpc) is 2.35. The fourth-order valence-electron chi connectivity index (χ4n) is 2.62. The van der Waals surface area contributed by atoms with Gasteiger partial charge in [0.05, 0.1) is 0 Å². The van der Waals surface area contributed by atoms with Gasteiger partial charge in [0.15, 0.2) is 0 Å². The normalized spacial score (nSPS) is 21.6. The fourth-order valence-corrected chi connectivity index (χ4v) is 2.62. The minimum Gasteiger partial charge on any atom is -0.508 e.